The van der Waals surface area contributed by atoms with E-state index in [0.717, 1.165) is 0 Å². The monoisotopic (exact) mass is 304 g/mol. The fourth-order valence-electron chi connectivity index (χ4n) is 2.05. The third-order valence-electron chi connectivity index (χ3n) is 3.16. The van der Waals surface area contributed by atoms with Crippen LogP contribution in [0, 0.1) is 11.3 Å². The van der Waals surface area contributed by atoms with Crippen LogP contribution in [0.2, 0.25) is 0 Å². The number of hydrogen-bond donors (Lipinski definition) is 1. The summed E-state index contributed by atoms with van der Waals surface area (Å²) in [6, 6.07) is 10.2. The van der Waals surface area contributed by atoms with Gasteiger partial charge in [-0.15, -0.1) is 0 Å². The maximum atomic E-state index is 12.3. The first-order valence-corrected chi connectivity index (χ1v) is 6.97. The lowest BCUT2D eigenvalue weighted by Crippen LogP contribution is -2.44. The Balaban J connectivity index is 2.75. The van der Waals surface area contributed by atoms with Crippen molar-refractivity contribution >= 4 is 11.9 Å². The number of benzene rings is 1. The SMILES string of the molecule is COC(=O)[C@@H](CCCC#N)NC(=O)[C@@H](OC)c1ccccc1. The van der Waals surface area contributed by atoms with E-state index in [4.69, 9.17) is 10.00 Å². The third-order valence-corrected chi connectivity index (χ3v) is 3.16. The number of hydrogen-bond acceptors (Lipinski definition) is 5. The molecule has 1 rings (SSSR count). The molecule has 0 bridgehead atoms. The Hall–Kier alpha value is -2.39. The lowest BCUT2D eigenvalue weighted by Gasteiger charge is -2.20. The van der Waals surface area contributed by atoms with Crippen LogP contribution in [0.1, 0.15) is 30.9 Å². The molecule has 22 heavy (non-hydrogen) atoms. The standard InChI is InChI=1S/C16H20N2O4/c1-21-14(12-8-4-3-5-9-12)15(19)18-13(16(20)22-2)10-6-7-11-17/h3-5,8-9,13-14H,6-7,10H2,1-2H3,(H,18,19)/t13-,14+/m1/s1. The van der Waals surface area contributed by atoms with E-state index in [9.17, 15) is 9.59 Å². The van der Waals surface area contributed by atoms with Crippen LogP contribution < -0.4 is 5.32 Å². The molecule has 0 aliphatic carbocycles. The summed E-state index contributed by atoms with van der Waals surface area (Å²) in [7, 11) is 2.69. The lowest BCUT2D eigenvalue weighted by atomic mass is 10.1. The van der Waals surface area contributed by atoms with E-state index in [2.05, 4.69) is 10.1 Å². The number of esters is 1. The molecule has 2 atom stereocenters. The lowest BCUT2D eigenvalue weighted by molar-refractivity contribution is -0.147. The zero-order chi connectivity index (χ0) is 16.4. The van der Waals surface area contributed by atoms with Crippen LogP contribution in [0.4, 0.5) is 0 Å². The Morgan fingerprint density at radius 2 is 1.95 bits per heavy atom. The van der Waals surface area contributed by atoms with Gasteiger partial charge in [-0.1, -0.05) is 30.3 Å². The highest BCUT2D eigenvalue weighted by Gasteiger charge is 2.26. The first-order valence-electron chi connectivity index (χ1n) is 6.97. The summed E-state index contributed by atoms with van der Waals surface area (Å²) in [6.45, 7) is 0. The first-order chi connectivity index (χ1) is 10.6. The fraction of sp³-hybridized carbons (Fsp3) is 0.438. The van der Waals surface area contributed by atoms with Gasteiger partial charge in [-0.25, -0.2) is 4.79 Å². The van der Waals surface area contributed by atoms with Crippen molar-refractivity contribution < 1.29 is 19.1 Å². The normalized spacial score (nSPS) is 12.8. The van der Waals surface area contributed by atoms with Crippen molar-refractivity contribution in [2.24, 2.45) is 0 Å². The van der Waals surface area contributed by atoms with Crippen molar-refractivity contribution in [3.05, 3.63) is 35.9 Å². The van der Waals surface area contributed by atoms with Gasteiger partial charge in [0.25, 0.3) is 5.91 Å². The minimum absolute atomic E-state index is 0.315. The number of nitriles is 1. The minimum atomic E-state index is -0.802. The molecule has 1 aromatic rings. The molecule has 0 aliphatic heterocycles. The third kappa shape index (κ3) is 5.19. The summed E-state index contributed by atoms with van der Waals surface area (Å²) < 4.78 is 9.91. The highest BCUT2D eigenvalue weighted by Crippen LogP contribution is 2.17. The Morgan fingerprint density at radius 1 is 1.27 bits per heavy atom. The molecule has 0 saturated carbocycles. The van der Waals surface area contributed by atoms with Crippen LogP contribution in [0.3, 0.4) is 0 Å². The summed E-state index contributed by atoms with van der Waals surface area (Å²) in [5.74, 6) is -0.949. The van der Waals surface area contributed by atoms with E-state index < -0.39 is 24.0 Å². The molecule has 0 fully saturated rings. The van der Waals surface area contributed by atoms with Crippen LogP contribution in [-0.4, -0.2) is 32.1 Å². The van der Waals surface area contributed by atoms with E-state index in [1.54, 1.807) is 24.3 Å². The maximum absolute atomic E-state index is 12.3. The van der Waals surface area contributed by atoms with Crippen molar-refractivity contribution in [2.75, 3.05) is 14.2 Å². The number of ether oxygens (including phenoxy) is 2. The average Bonchev–Trinajstić information content (AvgIpc) is 2.55. The molecule has 0 aliphatic rings. The van der Waals surface area contributed by atoms with Crippen LogP contribution in [0.5, 0.6) is 0 Å². The number of nitrogens with one attached hydrogen (secondary N) is 1. The smallest absolute Gasteiger partial charge is 0.328 e. The molecule has 1 amide bonds. The van der Waals surface area contributed by atoms with Crippen LogP contribution >= 0.6 is 0 Å². The highest BCUT2D eigenvalue weighted by atomic mass is 16.5. The molecule has 1 N–H and O–H groups in total. The quantitative estimate of drug-likeness (QED) is 0.583. The summed E-state index contributed by atoms with van der Waals surface area (Å²) in [5, 5.41) is 11.2. The van der Waals surface area contributed by atoms with E-state index in [1.165, 1.54) is 14.2 Å². The highest BCUT2D eigenvalue weighted by molar-refractivity contribution is 5.87. The molecule has 6 nitrogen and oxygen atoms in total. The Labute approximate surface area is 130 Å². The second-order valence-corrected chi connectivity index (χ2v) is 4.66. The zero-order valence-electron chi connectivity index (χ0n) is 12.7. The van der Waals surface area contributed by atoms with E-state index in [0.29, 0.717) is 24.8 Å². The van der Waals surface area contributed by atoms with Crippen LogP contribution in [-0.2, 0) is 19.1 Å². The van der Waals surface area contributed by atoms with Gasteiger partial charge in [-0.3, -0.25) is 4.79 Å². The average molecular weight is 304 g/mol. The van der Waals surface area contributed by atoms with E-state index in [1.807, 2.05) is 12.1 Å². The molecule has 1 aromatic carbocycles. The fourth-order valence-corrected chi connectivity index (χ4v) is 2.05. The molecule has 118 valence electrons. The minimum Gasteiger partial charge on any atom is -0.467 e. The van der Waals surface area contributed by atoms with Crippen molar-refractivity contribution in [1.82, 2.24) is 5.32 Å². The van der Waals surface area contributed by atoms with Gasteiger partial charge in [0.1, 0.15) is 6.04 Å². The Morgan fingerprint density at radius 3 is 2.50 bits per heavy atom. The van der Waals surface area contributed by atoms with Crippen molar-refractivity contribution in [3.8, 4) is 6.07 Å². The van der Waals surface area contributed by atoms with Gasteiger partial charge in [0.2, 0.25) is 0 Å². The summed E-state index contributed by atoms with van der Waals surface area (Å²) in [4.78, 5) is 24.1. The summed E-state index contributed by atoms with van der Waals surface area (Å²) >= 11 is 0. The largest absolute Gasteiger partial charge is 0.467 e. The van der Waals surface area contributed by atoms with Gasteiger partial charge in [0.05, 0.1) is 13.2 Å². The van der Waals surface area contributed by atoms with Gasteiger partial charge in [-0.05, 0) is 18.4 Å². The summed E-state index contributed by atoms with van der Waals surface area (Å²) in [6.07, 6.45) is 0.358. The molecule has 0 spiro atoms. The molecule has 0 unspecified atom stereocenters. The van der Waals surface area contributed by atoms with Gasteiger partial charge in [-0.2, -0.15) is 5.26 Å². The molecule has 0 saturated heterocycles. The molecular weight excluding hydrogens is 284 g/mol. The van der Waals surface area contributed by atoms with Gasteiger partial charge >= 0.3 is 5.97 Å². The molecule has 0 aromatic heterocycles. The van der Waals surface area contributed by atoms with E-state index >= 15 is 0 Å². The summed E-state index contributed by atoms with van der Waals surface area (Å²) in [5.41, 5.74) is 0.697. The van der Waals surface area contributed by atoms with Gasteiger partial charge in [0, 0.05) is 13.5 Å². The molecule has 0 heterocycles. The number of unbranched alkanes of at least 4 members (excludes halogenated alkanes) is 1. The van der Waals surface area contributed by atoms with E-state index in [-0.39, 0.29) is 0 Å². The van der Waals surface area contributed by atoms with Crippen molar-refractivity contribution in [3.63, 3.8) is 0 Å². The van der Waals surface area contributed by atoms with Gasteiger partial charge in [0.15, 0.2) is 6.10 Å². The number of rotatable bonds is 8. The molecule has 0 radical (unpaired) electrons. The molecule has 6 heteroatoms. The number of carbonyl (C=O) groups excluding carboxylic acids is 2. The number of carbonyl (C=O) groups is 2. The zero-order valence-corrected chi connectivity index (χ0v) is 12.7. The van der Waals surface area contributed by atoms with Crippen molar-refractivity contribution in [2.45, 2.75) is 31.4 Å². The second kappa shape index (κ2) is 9.53. The number of amides is 1. The Bertz CT molecular complexity index is 525. The van der Waals surface area contributed by atoms with Gasteiger partial charge < -0.3 is 14.8 Å². The predicted octanol–water partition coefficient (Wildman–Crippen LogP) is 1.73. The Kier molecular flexibility index (Phi) is 7.65. The van der Waals surface area contributed by atoms with Crippen LogP contribution in [0.15, 0.2) is 30.3 Å². The number of methoxy groups -OCH3 is 2. The predicted molar refractivity (Wildman–Crippen MR) is 79.6 cm³/mol. The first kappa shape index (κ1) is 17.7. The van der Waals surface area contributed by atoms with Crippen LogP contribution in [0.25, 0.3) is 0 Å². The number of nitrogens with zero attached hydrogens (tertiary/aromatic N) is 1. The maximum Gasteiger partial charge on any atom is 0.328 e. The molecular formula is C16H20N2O4. The second-order valence-electron chi connectivity index (χ2n) is 4.66. The van der Waals surface area contributed by atoms with Crippen molar-refractivity contribution in [1.29, 1.82) is 5.26 Å². The topological polar surface area (TPSA) is 88.4 Å².